The number of halogens is 4. The van der Waals surface area contributed by atoms with E-state index in [9.17, 15) is 19.2 Å². The second-order valence-electron chi connectivity index (χ2n) is 7.57. The quantitative estimate of drug-likeness (QED) is 0.241. The Morgan fingerprint density at radius 2 is 1.70 bits per heavy atom. The highest BCUT2D eigenvalue weighted by atomic mass is 79.9. The second kappa shape index (κ2) is 11.5. The number of nitrogens with zero attached hydrogens (tertiary/aromatic N) is 1. The maximum absolute atomic E-state index is 13.1. The molecule has 3 aromatic carbocycles. The van der Waals surface area contributed by atoms with Crippen molar-refractivity contribution in [1.82, 2.24) is 5.32 Å². The first-order valence-corrected chi connectivity index (χ1v) is 12.8. The van der Waals surface area contributed by atoms with Gasteiger partial charge in [-0.25, -0.2) is 9.69 Å². The Morgan fingerprint density at radius 3 is 2.38 bits per heavy atom. The maximum Gasteiger partial charge on any atom is 0.335 e. The fraction of sp³-hybridized carbons (Fsp3) is 0.0400. The first kappa shape index (κ1) is 26.9. The molecular weight excluding hydrogens is 653 g/mol. The van der Waals surface area contributed by atoms with Crippen LogP contribution in [0.3, 0.4) is 0 Å². The lowest BCUT2D eigenvalue weighted by atomic mass is 10.1. The third-order valence-corrected chi connectivity index (χ3v) is 6.74. The van der Waals surface area contributed by atoms with E-state index in [0.29, 0.717) is 36.0 Å². The molecule has 1 fully saturated rings. The number of nitrogens with one attached hydrogen (secondary N) is 2. The number of hydrogen-bond donors (Lipinski definition) is 2. The van der Waals surface area contributed by atoms with Gasteiger partial charge in [-0.05, 0) is 86.0 Å². The van der Waals surface area contributed by atoms with Gasteiger partial charge in [-0.15, -0.1) is 0 Å². The summed E-state index contributed by atoms with van der Waals surface area (Å²) in [5, 5.41) is 5.54. The van der Waals surface area contributed by atoms with Gasteiger partial charge in [0.1, 0.15) is 11.3 Å². The van der Waals surface area contributed by atoms with E-state index in [1.807, 2.05) is 0 Å². The molecule has 0 saturated carbocycles. The van der Waals surface area contributed by atoms with Crippen molar-refractivity contribution in [2.75, 3.05) is 16.8 Å². The Bertz CT molecular complexity index is 1460. The summed E-state index contributed by atoms with van der Waals surface area (Å²) in [5.74, 6) is -1.74. The van der Waals surface area contributed by atoms with Gasteiger partial charge in [0.2, 0.25) is 0 Å². The Labute approximate surface area is 237 Å². The van der Waals surface area contributed by atoms with Gasteiger partial charge in [0.15, 0.2) is 6.61 Å². The van der Waals surface area contributed by atoms with Crippen LogP contribution >= 0.6 is 55.1 Å². The predicted octanol–water partition coefficient (Wildman–Crippen LogP) is 6.20. The molecule has 1 heterocycles. The van der Waals surface area contributed by atoms with Crippen molar-refractivity contribution in [3.8, 4) is 5.75 Å². The molecule has 37 heavy (non-hydrogen) atoms. The van der Waals surface area contributed by atoms with Crippen molar-refractivity contribution in [2.45, 2.75) is 0 Å². The third kappa shape index (κ3) is 6.22. The minimum atomic E-state index is -0.879. The number of ether oxygens (including phenoxy) is 1. The number of urea groups is 1. The number of para-hydroxylation sites is 1. The minimum absolute atomic E-state index is 0.217. The molecule has 1 aliphatic heterocycles. The summed E-state index contributed by atoms with van der Waals surface area (Å²) in [5.41, 5.74) is 0.866. The summed E-state index contributed by atoms with van der Waals surface area (Å²) >= 11 is 18.8. The van der Waals surface area contributed by atoms with Crippen LogP contribution in [-0.2, 0) is 14.4 Å². The Hall–Kier alpha value is -3.18. The van der Waals surface area contributed by atoms with E-state index in [2.05, 4.69) is 42.5 Å². The number of anilines is 2. The standard InChI is InChI=1S/C25H15Br2Cl2N3O5/c26-17-9-13(10-18(27)22(17)37-12-21(33)30-20-7-2-1-6-19(20)29)8-16-23(34)31-25(36)32(24(16)35)15-5-3-4-14(28)11-15/h1-11H,12H2,(H,30,33)(H,31,34,36)/b16-8+. The molecule has 0 radical (unpaired) electrons. The van der Waals surface area contributed by atoms with Crippen LogP contribution in [0.5, 0.6) is 5.75 Å². The highest BCUT2D eigenvalue weighted by molar-refractivity contribution is 9.11. The number of carbonyl (C=O) groups is 4. The van der Waals surface area contributed by atoms with Crippen molar-refractivity contribution in [3.63, 3.8) is 0 Å². The van der Waals surface area contributed by atoms with Crippen LogP contribution in [0.4, 0.5) is 16.2 Å². The molecule has 0 aromatic heterocycles. The molecule has 1 saturated heterocycles. The monoisotopic (exact) mass is 665 g/mol. The van der Waals surface area contributed by atoms with E-state index in [-0.39, 0.29) is 17.9 Å². The normalized spacial score (nSPS) is 14.5. The highest BCUT2D eigenvalue weighted by Crippen LogP contribution is 2.36. The second-order valence-corrected chi connectivity index (χ2v) is 10.1. The van der Waals surface area contributed by atoms with Crippen LogP contribution < -0.4 is 20.3 Å². The molecular formula is C25H15Br2Cl2N3O5. The van der Waals surface area contributed by atoms with Gasteiger partial charge in [0, 0.05) is 5.02 Å². The lowest BCUT2D eigenvalue weighted by Crippen LogP contribution is -2.54. The van der Waals surface area contributed by atoms with Crippen LogP contribution in [0.15, 0.2) is 75.2 Å². The fourth-order valence-electron chi connectivity index (χ4n) is 3.36. The molecule has 12 heteroatoms. The Morgan fingerprint density at radius 1 is 1.00 bits per heavy atom. The number of imide groups is 2. The van der Waals surface area contributed by atoms with Gasteiger partial charge < -0.3 is 10.1 Å². The van der Waals surface area contributed by atoms with Crippen molar-refractivity contribution in [2.24, 2.45) is 0 Å². The first-order valence-electron chi connectivity index (χ1n) is 10.5. The van der Waals surface area contributed by atoms with Crippen LogP contribution in [0.2, 0.25) is 10.0 Å². The molecule has 0 aliphatic carbocycles. The topological polar surface area (TPSA) is 105 Å². The Balaban J connectivity index is 1.53. The van der Waals surface area contributed by atoms with Crippen LogP contribution in [0.25, 0.3) is 6.08 Å². The summed E-state index contributed by atoms with van der Waals surface area (Å²) < 4.78 is 6.55. The summed E-state index contributed by atoms with van der Waals surface area (Å²) in [7, 11) is 0. The zero-order valence-corrected chi connectivity index (χ0v) is 23.2. The number of amides is 5. The first-order chi connectivity index (χ1) is 17.6. The zero-order valence-electron chi connectivity index (χ0n) is 18.6. The number of benzene rings is 3. The number of rotatable bonds is 6. The predicted molar refractivity (Wildman–Crippen MR) is 148 cm³/mol. The molecule has 0 bridgehead atoms. The molecule has 8 nitrogen and oxygen atoms in total. The molecule has 0 unspecified atom stereocenters. The molecule has 0 spiro atoms. The smallest absolute Gasteiger partial charge is 0.335 e. The summed E-state index contributed by atoms with van der Waals surface area (Å²) in [6, 6.07) is 15.3. The molecule has 0 atom stereocenters. The molecule has 4 rings (SSSR count). The van der Waals surface area contributed by atoms with Gasteiger partial charge in [0.25, 0.3) is 17.7 Å². The largest absolute Gasteiger partial charge is 0.481 e. The summed E-state index contributed by atoms with van der Waals surface area (Å²) in [6.45, 7) is -0.305. The van der Waals surface area contributed by atoms with Crippen LogP contribution in [0, 0.1) is 0 Å². The SMILES string of the molecule is O=C(COc1c(Br)cc(/C=C2\C(=O)NC(=O)N(c3cccc(Cl)c3)C2=O)cc1Br)Nc1ccccc1Cl. The van der Waals surface area contributed by atoms with E-state index in [1.54, 1.807) is 48.5 Å². The molecule has 5 amide bonds. The average Bonchev–Trinajstić information content (AvgIpc) is 2.82. The summed E-state index contributed by atoms with van der Waals surface area (Å²) in [6.07, 6.45) is 1.34. The van der Waals surface area contributed by atoms with Gasteiger partial charge in [-0.3, -0.25) is 19.7 Å². The maximum atomic E-state index is 13.1. The van der Waals surface area contributed by atoms with E-state index in [0.717, 1.165) is 4.90 Å². The van der Waals surface area contributed by atoms with Crippen LogP contribution in [0.1, 0.15) is 5.56 Å². The highest BCUT2D eigenvalue weighted by Gasteiger charge is 2.37. The van der Waals surface area contributed by atoms with Crippen molar-refractivity contribution in [1.29, 1.82) is 0 Å². The van der Waals surface area contributed by atoms with Crippen molar-refractivity contribution >= 4 is 96.3 Å². The summed E-state index contributed by atoms with van der Waals surface area (Å²) in [4.78, 5) is 51.1. The van der Waals surface area contributed by atoms with E-state index in [4.69, 9.17) is 27.9 Å². The number of carbonyl (C=O) groups excluding carboxylic acids is 4. The lowest BCUT2D eigenvalue weighted by Gasteiger charge is -2.26. The van der Waals surface area contributed by atoms with Crippen LogP contribution in [-0.4, -0.2) is 30.4 Å². The fourth-order valence-corrected chi connectivity index (χ4v) is 5.18. The van der Waals surface area contributed by atoms with Crippen molar-refractivity contribution < 1.29 is 23.9 Å². The van der Waals surface area contributed by atoms with E-state index >= 15 is 0 Å². The van der Waals surface area contributed by atoms with E-state index in [1.165, 1.54) is 18.2 Å². The lowest BCUT2D eigenvalue weighted by molar-refractivity contribution is -0.122. The van der Waals surface area contributed by atoms with E-state index < -0.39 is 23.8 Å². The average molecular weight is 668 g/mol. The Kier molecular flexibility index (Phi) is 8.33. The van der Waals surface area contributed by atoms with Gasteiger partial charge in [-0.2, -0.15) is 0 Å². The van der Waals surface area contributed by atoms with Gasteiger partial charge >= 0.3 is 6.03 Å². The van der Waals surface area contributed by atoms with Gasteiger partial charge in [0.05, 0.1) is 25.3 Å². The number of hydrogen-bond acceptors (Lipinski definition) is 5. The molecule has 2 N–H and O–H groups in total. The minimum Gasteiger partial charge on any atom is -0.481 e. The molecule has 188 valence electrons. The van der Waals surface area contributed by atoms with Gasteiger partial charge in [-0.1, -0.05) is 41.4 Å². The molecule has 1 aliphatic rings. The molecule has 3 aromatic rings. The zero-order chi connectivity index (χ0) is 26.7. The third-order valence-electron chi connectivity index (χ3n) is 5.00. The number of barbiturate groups is 1. The van der Waals surface area contributed by atoms with Crippen molar-refractivity contribution in [3.05, 3.63) is 90.8 Å².